The third kappa shape index (κ3) is 5.81. The molecule has 1 heterocycles. The van der Waals surface area contributed by atoms with E-state index in [4.69, 9.17) is 11.6 Å². The van der Waals surface area contributed by atoms with Crippen LogP contribution in [0.5, 0.6) is 0 Å². The molecule has 3 rings (SSSR count). The van der Waals surface area contributed by atoms with Gasteiger partial charge in [-0.3, -0.25) is 14.4 Å². The van der Waals surface area contributed by atoms with Crippen molar-refractivity contribution in [2.45, 2.75) is 52.6 Å². The number of carbonyl (C=O) groups excluding carboxylic acids is 3. The van der Waals surface area contributed by atoms with Crippen LogP contribution in [0.25, 0.3) is 0 Å². The predicted octanol–water partition coefficient (Wildman–Crippen LogP) is 4.87. The van der Waals surface area contributed by atoms with Crippen LogP contribution in [0.4, 0.5) is 14.5 Å². The summed E-state index contributed by atoms with van der Waals surface area (Å²) < 4.78 is 28.6. The lowest BCUT2D eigenvalue weighted by atomic mass is 9.90. The Kier molecular flexibility index (Phi) is 8.48. The van der Waals surface area contributed by atoms with Crippen LogP contribution in [0, 0.1) is 23.5 Å². The van der Waals surface area contributed by atoms with Crippen LogP contribution in [0.2, 0.25) is 5.02 Å². The molecule has 35 heavy (non-hydrogen) atoms. The highest BCUT2D eigenvalue weighted by atomic mass is 35.5. The molecule has 188 valence electrons. The number of fused-ring (bicyclic) bond motifs is 1. The normalized spacial score (nSPS) is 16.9. The van der Waals surface area contributed by atoms with Crippen LogP contribution in [-0.4, -0.2) is 35.2 Å². The zero-order valence-electron chi connectivity index (χ0n) is 20.2. The van der Waals surface area contributed by atoms with E-state index in [9.17, 15) is 23.2 Å². The van der Waals surface area contributed by atoms with E-state index >= 15 is 0 Å². The summed E-state index contributed by atoms with van der Waals surface area (Å²) in [6, 6.07) is 6.24. The van der Waals surface area contributed by atoms with E-state index in [1.807, 2.05) is 6.92 Å². The molecule has 3 atom stereocenters. The Labute approximate surface area is 209 Å². The van der Waals surface area contributed by atoms with Gasteiger partial charge in [0.1, 0.15) is 29.4 Å². The van der Waals surface area contributed by atoms with Crippen LogP contribution in [0.15, 0.2) is 36.4 Å². The monoisotopic (exact) mass is 505 g/mol. The summed E-state index contributed by atoms with van der Waals surface area (Å²) in [5.41, 5.74) is 0.684. The molecule has 0 spiro atoms. The van der Waals surface area contributed by atoms with Gasteiger partial charge >= 0.3 is 0 Å². The Balaban J connectivity index is 2.00. The Morgan fingerprint density at radius 2 is 1.77 bits per heavy atom. The maximum atomic E-state index is 14.3. The van der Waals surface area contributed by atoms with Crippen LogP contribution in [-0.2, 0) is 20.8 Å². The second kappa shape index (κ2) is 11.2. The van der Waals surface area contributed by atoms with E-state index in [0.29, 0.717) is 23.4 Å². The van der Waals surface area contributed by atoms with E-state index in [-0.39, 0.29) is 24.3 Å². The van der Waals surface area contributed by atoms with Crippen molar-refractivity contribution in [3.63, 3.8) is 0 Å². The topological polar surface area (TPSA) is 78.5 Å². The first-order valence-corrected chi connectivity index (χ1v) is 12.1. The number of hydrogen-bond acceptors (Lipinski definition) is 3. The highest BCUT2D eigenvalue weighted by molar-refractivity contribution is 6.30. The highest BCUT2D eigenvalue weighted by Gasteiger charge is 2.40. The summed E-state index contributed by atoms with van der Waals surface area (Å²) in [6.07, 6.45) is 1.07. The Morgan fingerprint density at radius 1 is 1.11 bits per heavy atom. The molecular formula is C26H30ClF2N3O3. The lowest BCUT2D eigenvalue weighted by Crippen LogP contribution is -2.56. The van der Waals surface area contributed by atoms with E-state index < -0.39 is 41.2 Å². The quantitative estimate of drug-likeness (QED) is 0.563. The minimum atomic E-state index is -1.19. The van der Waals surface area contributed by atoms with Gasteiger partial charge in [-0.05, 0) is 54.2 Å². The second-order valence-corrected chi connectivity index (χ2v) is 9.59. The molecule has 0 aliphatic carbocycles. The van der Waals surface area contributed by atoms with Gasteiger partial charge in [-0.1, -0.05) is 51.4 Å². The number of nitrogens with zero attached hydrogens (tertiary/aromatic N) is 1. The summed E-state index contributed by atoms with van der Waals surface area (Å²) in [5, 5.41) is 5.50. The smallest absolute Gasteiger partial charge is 0.251 e. The first kappa shape index (κ1) is 26.6. The number of rotatable bonds is 7. The molecule has 6 nitrogen and oxygen atoms in total. The standard InChI is InChI=1S/C26H30ClF2N3O3/c1-5-15(4)24(33)30-21(14(2)3)26(35)32-12-11-16-9-10-17(27)13-18(16)23(32)25(34)31-22-19(28)7-6-8-20(22)29/h6-10,13-15,21,23H,5,11-12H2,1-4H3,(H,30,33)(H,31,34)/t15-,21+,23-/m1/s1. The molecule has 0 aromatic heterocycles. The molecule has 0 fully saturated rings. The van der Waals surface area contributed by atoms with Crippen LogP contribution >= 0.6 is 11.6 Å². The van der Waals surface area contributed by atoms with Gasteiger partial charge in [-0.15, -0.1) is 0 Å². The molecular weight excluding hydrogens is 476 g/mol. The van der Waals surface area contributed by atoms with Crippen molar-refractivity contribution >= 4 is 35.0 Å². The Bertz CT molecular complexity index is 1100. The van der Waals surface area contributed by atoms with Gasteiger partial charge in [0.15, 0.2) is 0 Å². The zero-order valence-corrected chi connectivity index (χ0v) is 21.0. The van der Waals surface area contributed by atoms with Crippen molar-refractivity contribution in [3.8, 4) is 0 Å². The minimum absolute atomic E-state index is 0.188. The number of para-hydroxylation sites is 1. The van der Waals surface area contributed by atoms with Crippen molar-refractivity contribution < 1.29 is 23.2 Å². The number of nitrogens with one attached hydrogen (secondary N) is 2. The first-order chi connectivity index (χ1) is 16.5. The first-order valence-electron chi connectivity index (χ1n) is 11.7. The largest absolute Gasteiger partial charge is 0.344 e. The Morgan fingerprint density at radius 3 is 2.37 bits per heavy atom. The average Bonchev–Trinajstić information content (AvgIpc) is 2.82. The fourth-order valence-electron chi connectivity index (χ4n) is 4.09. The second-order valence-electron chi connectivity index (χ2n) is 9.15. The van der Waals surface area contributed by atoms with E-state index in [0.717, 1.165) is 17.7 Å². The van der Waals surface area contributed by atoms with Crippen molar-refractivity contribution in [2.24, 2.45) is 11.8 Å². The predicted molar refractivity (Wildman–Crippen MR) is 131 cm³/mol. The van der Waals surface area contributed by atoms with E-state index in [1.54, 1.807) is 39.0 Å². The third-order valence-corrected chi connectivity index (χ3v) is 6.60. The van der Waals surface area contributed by atoms with Gasteiger partial charge in [0.25, 0.3) is 5.91 Å². The lowest BCUT2D eigenvalue weighted by molar-refractivity contribution is -0.144. The number of anilines is 1. The summed E-state index contributed by atoms with van der Waals surface area (Å²) in [5.74, 6) is -3.89. The molecule has 0 saturated heterocycles. The lowest BCUT2D eigenvalue weighted by Gasteiger charge is -2.39. The van der Waals surface area contributed by atoms with Gasteiger partial charge in [0, 0.05) is 17.5 Å². The molecule has 9 heteroatoms. The van der Waals surface area contributed by atoms with E-state index in [2.05, 4.69) is 10.6 Å². The molecule has 1 aliphatic rings. The summed E-state index contributed by atoms with van der Waals surface area (Å²) in [4.78, 5) is 41.1. The molecule has 0 radical (unpaired) electrons. The minimum Gasteiger partial charge on any atom is -0.344 e. The van der Waals surface area contributed by atoms with Crippen molar-refractivity contribution in [2.75, 3.05) is 11.9 Å². The fraction of sp³-hybridized carbons (Fsp3) is 0.423. The molecule has 2 N–H and O–H groups in total. The van der Waals surface area contributed by atoms with Crippen LogP contribution < -0.4 is 10.6 Å². The maximum absolute atomic E-state index is 14.3. The molecule has 1 aliphatic heterocycles. The van der Waals surface area contributed by atoms with Crippen LogP contribution in [0.3, 0.4) is 0 Å². The van der Waals surface area contributed by atoms with Gasteiger partial charge in [0.05, 0.1) is 0 Å². The summed E-state index contributed by atoms with van der Waals surface area (Å²) >= 11 is 6.21. The maximum Gasteiger partial charge on any atom is 0.251 e. The molecule has 0 bridgehead atoms. The van der Waals surface area contributed by atoms with Gasteiger partial charge in [0.2, 0.25) is 11.8 Å². The molecule has 2 aromatic carbocycles. The van der Waals surface area contributed by atoms with E-state index in [1.165, 1.54) is 11.0 Å². The number of benzene rings is 2. The molecule has 2 aromatic rings. The highest BCUT2D eigenvalue weighted by Crippen LogP contribution is 2.34. The summed E-state index contributed by atoms with van der Waals surface area (Å²) in [7, 11) is 0. The number of amides is 3. The SMILES string of the molecule is CC[C@@H](C)C(=O)N[C@H](C(=O)N1CCc2ccc(Cl)cc2[C@@H]1C(=O)Nc1c(F)cccc1F)C(C)C. The third-order valence-electron chi connectivity index (χ3n) is 6.37. The number of carbonyl (C=O) groups is 3. The van der Waals surface area contributed by atoms with Crippen molar-refractivity contribution in [1.82, 2.24) is 10.2 Å². The molecule has 0 unspecified atom stereocenters. The average molecular weight is 506 g/mol. The van der Waals surface area contributed by atoms with Crippen molar-refractivity contribution in [1.29, 1.82) is 0 Å². The molecule has 3 amide bonds. The van der Waals surface area contributed by atoms with Gasteiger partial charge < -0.3 is 15.5 Å². The van der Waals surface area contributed by atoms with Gasteiger partial charge in [-0.25, -0.2) is 8.78 Å². The van der Waals surface area contributed by atoms with Gasteiger partial charge in [-0.2, -0.15) is 0 Å². The Hall–Kier alpha value is -3.00. The zero-order chi connectivity index (χ0) is 25.9. The van der Waals surface area contributed by atoms with Crippen molar-refractivity contribution in [3.05, 3.63) is 64.2 Å². The number of halogens is 3. The van der Waals surface area contributed by atoms with Crippen LogP contribution in [0.1, 0.15) is 51.3 Å². The summed E-state index contributed by atoms with van der Waals surface area (Å²) in [6.45, 7) is 7.45. The fourth-order valence-corrected chi connectivity index (χ4v) is 4.27. The number of hydrogen-bond donors (Lipinski definition) is 2. The molecule has 0 saturated carbocycles.